The summed E-state index contributed by atoms with van der Waals surface area (Å²) in [7, 11) is 0. The van der Waals surface area contributed by atoms with Gasteiger partial charge < -0.3 is 5.32 Å². The molecule has 1 amide bonds. The molecule has 0 atom stereocenters. The molecule has 1 aromatic carbocycles. The molecule has 0 spiro atoms. The van der Waals surface area contributed by atoms with Crippen molar-refractivity contribution >= 4 is 44.9 Å². The molecule has 0 radical (unpaired) electrons. The predicted molar refractivity (Wildman–Crippen MR) is 78.0 cm³/mol. The van der Waals surface area contributed by atoms with Crippen molar-refractivity contribution in [2.75, 3.05) is 5.32 Å². The minimum absolute atomic E-state index is 0.149. The van der Waals surface area contributed by atoms with Crippen LogP contribution in [0.15, 0.2) is 41.0 Å². The summed E-state index contributed by atoms with van der Waals surface area (Å²) in [4.78, 5) is 26.1. The minimum Gasteiger partial charge on any atom is -0.307 e. The third-order valence-electron chi connectivity index (χ3n) is 2.37. The van der Waals surface area contributed by atoms with Gasteiger partial charge in [0.05, 0.1) is 15.5 Å². The van der Waals surface area contributed by atoms with Crippen LogP contribution in [0.2, 0.25) is 5.02 Å². The molecule has 0 aliphatic heterocycles. The molecule has 8 heteroatoms. The van der Waals surface area contributed by atoms with Crippen molar-refractivity contribution in [1.29, 1.82) is 0 Å². The lowest BCUT2D eigenvalue weighted by Crippen LogP contribution is -2.13. The molecule has 1 heterocycles. The van der Waals surface area contributed by atoms with Crippen molar-refractivity contribution in [3.05, 3.63) is 61.7 Å². The van der Waals surface area contributed by atoms with E-state index in [0.29, 0.717) is 15.3 Å². The molecule has 1 aromatic heterocycles. The normalized spacial score (nSPS) is 10.1. The number of halogens is 2. The van der Waals surface area contributed by atoms with Gasteiger partial charge in [0.15, 0.2) is 0 Å². The van der Waals surface area contributed by atoms with E-state index >= 15 is 0 Å². The van der Waals surface area contributed by atoms with Crippen molar-refractivity contribution in [3.63, 3.8) is 0 Å². The Morgan fingerprint density at radius 3 is 2.70 bits per heavy atom. The minimum atomic E-state index is -0.566. The topological polar surface area (TPSA) is 85.1 Å². The van der Waals surface area contributed by atoms with Crippen LogP contribution in [0.1, 0.15) is 10.4 Å². The van der Waals surface area contributed by atoms with Gasteiger partial charge in [-0.3, -0.25) is 14.9 Å². The van der Waals surface area contributed by atoms with E-state index in [1.54, 1.807) is 6.07 Å². The van der Waals surface area contributed by atoms with Crippen molar-refractivity contribution in [2.45, 2.75) is 0 Å². The number of nitro benzene ring substituents is 1. The van der Waals surface area contributed by atoms with Crippen molar-refractivity contribution in [1.82, 2.24) is 4.98 Å². The number of nitrogens with one attached hydrogen (secondary N) is 1. The number of amides is 1. The number of hydrogen-bond donors (Lipinski definition) is 1. The van der Waals surface area contributed by atoms with Gasteiger partial charge in [-0.25, -0.2) is 4.98 Å². The van der Waals surface area contributed by atoms with Gasteiger partial charge in [0, 0.05) is 22.8 Å². The van der Waals surface area contributed by atoms with Crippen LogP contribution in [0.25, 0.3) is 0 Å². The van der Waals surface area contributed by atoms with Crippen LogP contribution in [0.3, 0.4) is 0 Å². The Labute approximate surface area is 127 Å². The first-order chi connectivity index (χ1) is 9.47. The molecular weight excluding hydrogens is 350 g/mol. The molecule has 0 fully saturated rings. The van der Waals surface area contributed by atoms with Gasteiger partial charge in [0.2, 0.25) is 0 Å². The molecule has 20 heavy (non-hydrogen) atoms. The number of aromatic nitrogens is 1. The molecule has 2 rings (SSSR count). The van der Waals surface area contributed by atoms with Gasteiger partial charge in [0.25, 0.3) is 11.6 Å². The van der Waals surface area contributed by atoms with Gasteiger partial charge in [-0.15, -0.1) is 0 Å². The highest BCUT2D eigenvalue weighted by Gasteiger charge is 2.16. The average molecular weight is 357 g/mol. The Balaban J connectivity index is 2.26. The highest BCUT2D eigenvalue weighted by molar-refractivity contribution is 9.10. The van der Waals surface area contributed by atoms with E-state index < -0.39 is 10.8 Å². The molecular formula is C12H7BrClN3O3. The second kappa shape index (κ2) is 5.98. The Kier molecular flexibility index (Phi) is 4.31. The molecule has 0 saturated heterocycles. The molecule has 0 unspecified atom stereocenters. The van der Waals surface area contributed by atoms with E-state index in [2.05, 4.69) is 26.2 Å². The largest absolute Gasteiger partial charge is 0.307 e. The zero-order chi connectivity index (χ0) is 14.7. The molecule has 0 aliphatic rings. The maximum Gasteiger partial charge on any atom is 0.270 e. The number of hydrogen-bond acceptors (Lipinski definition) is 4. The summed E-state index contributed by atoms with van der Waals surface area (Å²) >= 11 is 8.87. The first-order valence-corrected chi connectivity index (χ1v) is 6.51. The number of carbonyl (C=O) groups is 1. The fourth-order valence-corrected chi connectivity index (χ4v) is 1.97. The van der Waals surface area contributed by atoms with E-state index in [-0.39, 0.29) is 11.3 Å². The van der Waals surface area contributed by atoms with Crippen LogP contribution < -0.4 is 5.32 Å². The summed E-state index contributed by atoms with van der Waals surface area (Å²) in [6.45, 7) is 0. The Morgan fingerprint density at radius 2 is 2.10 bits per heavy atom. The SMILES string of the molecule is O=C(Nc1ccc(Cl)cn1)c1cc([N+](=O)[O-])ccc1Br. The summed E-state index contributed by atoms with van der Waals surface area (Å²) in [5.41, 5.74) is -0.0154. The second-order valence-corrected chi connectivity index (χ2v) is 5.03. The summed E-state index contributed by atoms with van der Waals surface area (Å²) in [5.74, 6) is -0.201. The monoisotopic (exact) mass is 355 g/mol. The third kappa shape index (κ3) is 3.31. The molecule has 2 aromatic rings. The molecule has 0 aliphatic carbocycles. The predicted octanol–water partition coefficient (Wildman–Crippen LogP) is 3.66. The second-order valence-electron chi connectivity index (χ2n) is 3.74. The summed E-state index contributed by atoms with van der Waals surface area (Å²) < 4.78 is 0.453. The number of nitrogens with zero attached hydrogens (tertiary/aromatic N) is 2. The maximum absolute atomic E-state index is 12.1. The number of anilines is 1. The van der Waals surface area contributed by atoms with Gasteiger partial charge >= 0.3 is 0 Å². The summed E-state index contributed by atoms with van der Waals surface area (Å²) in [6.07, 6.45) is 1.39. The number of pyridine rings is 1. The third-order valence-corrected chi connectivity index (χ3v) is 3.29. The zero-order valence-corrected chi connectivity index (χ0v) is 12.2. The van der Waals surface area contributed by atoms with E-state index in [9.17, 15) is 14.9 Å². The highest BCUT2D eigenvalue weighted by atomic mass is 79.9. The van der Waals surface area contributed by atoms with E-state index in [1.165, 1.54) is 30.5 Å². The van der Waals surface area contributed by atoms with Crippen LogP contribution in [-0.4, -0.2) is 15.8 Å². The fourth-order valence-electron chi connectivity index (χ4n) is 1.43. The van der Waals surface area contributed by atoms with Gasteiger partial charge in [-0.1, -0.05) is 11.6 Å². The van der Waals surface area contributed by atoms with Gasteiger partial charge in [0.1, 0.15) is 5.82 Å². The number of rotatable bonds is 3. The van der Waals surface area contributed by atoms with Crippen molar-refractivity contribution in [2.24, 2.45) is 0 Å². The van der Waals surface area contributed by atoms with Gasteiger partial charge in [-0.2, -0.15) is 0 Å². The first-order valence-electron chi connectivity index (χ1n) is 5.34. The number of carbonyl (C=O) groups excluding carboxylic acids is 1. The summed E-state index contributed by atoms with van der Waals surface area (Å²) in [5, 5.41) is 13.7. The van der Waals surface area contributed by atoms with Crippen molar-refractivity contribution in [3.8, 4) is 0 Å². The van der Waals surface area contributed by atoms with Crippen LogP contribution in [0.5, 0.6) is 0 Å². The molecule has 6 nitrogen and oxygen atoms in total. The van der Waals surface area contributed by atoms with Crippen molar-refractivity contribution < 1.29 is 9.72 Å². The zero-order valence-electron chi connectivity index (χ0n) is 9.84. The lowest BCUT2D eigenvalue weighted by molar-refractivity contribution is -0.384. The van der Waals surface area contributed by atoms with Crippen LogP contribution in [-0.2, 0) is 0 Å². The quantitative estimate of drug-likeness (QED) is 0.672. The Morgan fingerprint density at radius 1 is 1.35 bits per heavy atom. The Hall–Kier alpha value is -1.99. The Bertz CT molecular complexity index is 676. The first kappa shape index (κ1) is 14.4. The number of benzene rings is 1. The molecule has 0 bridgehead atoms. The average Bonchev–Trinajstić information content (AvgIpc) is 2.41. The van der Waals surface area contributed by atoms with Crippen LogP contribution in [0.4, 0.5) is 11.5 Å². The molecule has 102 valence electrons. The van der Waals surface area contributed by atoms with E-state index in [1.807, 2.05) is 0 Å². The molecule has 1 N–H and O–H groups in total. The van der Waals surface area contributed by atoms with Crippen LogP contribution in [0, 0.1) is 10.1 Å². The number of nitro groups is 1. The lowest BCUT2D eigenvalue weighted by atomic mass is 10.2. The summed E-state index contributed by atoms with van der Waals surface area (Å²) in [6, 6.07) is 7.05. The fraction of sp³-hybridized carbons (Fsp3) is 0. The highest BCUT2D eigenvalue weighted by Crippen LogP contribution is 2.23. The number of non-ortho nitro benzene ring substituents is 1. The van der Waals surface area contributed by atoms with Gasteiger partial charge in [-0.05, 0) is 34.1 Å². The van der Waals surface area contributed by atoms with Crippen LogP contribution >= 0.6 is 27.5 Å². The smallest absolute Gasteiger partial charge is 0.270 e. The lowest BCUT2D eigenvalue weighted by Gasteiger charge is -2.06. The van der Waals surface area contributed by atoms with E-state index in [4.69, 9.17) is 11.6 Å². The molecule has 0 saturated carbocycles. The van der Waals surface area contributed by atoms with E-state index in [0.717, 1.165) is 0 Å². The standard InChI is InChI=1S/C12H7BrClN3O3/c13-10-3-2-8(17(19)20)5-9(10)12(18)16-11-4-1-7(14)6-15-11/h1-6H,(H,15,16,18). The maximum atomic E-state index is 12.1.